The van der Waals surface area contributed by atoms with Crippen molar-refractivity contribution < 1.29 is 14.1 Å². The average molecular weight is 301 g/mol. The molecule has 1 fully saturated rings. The standard InChI is InChI=1S/C16H19N3O3/c1-19(14-6-8-21-9-7-14)10-15-17-16(18-22-15)13-4-2-12(11-20)3-5-13/h2-5,11,14H,6-10H2,1H3. The molecule has 6 nitrogen and oxygen atoms in total. The molecule has 22 heavy (non-hydrogen) atoms. The van der Waals surface area contributed by atoms with Crippen LogP contribution in [0.5, 0.6) is 0 Å². The van der Waals surface area contributed by atoms with Crippen molar-refractivity contribution >= 4 is 6.29 Å². The number of nitrogens with zero attached hydrogens (tertiary/aromatic N) is 3. The van der Waals surface area contributed by atoms with Gasteiger partial charge in [-0.05, 0) is 19.9 Å². The first kappa shape index (κ1) is 14.9. The van der Waals surface area contributed by atoms with Crippen molar-refractivity contribution in [3.05, 3.63) is 35.7 Å². The molecule has 1 aliphatic heterocycles. The molecule has 0 unspecified atom stereocenters. The van der Waals surface area contributed by atoms with Gasteiger partial charge >= 0.3 is 0 Å². The first-order chi connectivity index (χ1) is 10.8. The predicted molar refractivity (Wildman–Crippen MR) is 80.4 cm³/mol. The molecular formula is C16H19N3O3. The highest BCUT2D eigenvalue weighted by Gasteiger charge is 2.20. The van der Waals surface area contributed by atoms with Crippen LogP contribution in [-0.2, 0) is 11.3 Å². The number of aromatic nitrogens is 2. The summed E-state index contributed by atoms with van der Waals surface area (Å²) in [7, 11) is 2.07. The fraction of sp³-hybridized carbons (Fsp3) is 0.438. The first-order valence-corrected chi connectivity index (χ1v) is 7.42. The third-order valence-electron chi connectivity index (χ3n) is 3.97. The molecule has 0 bridgehead atoms. The van der Waals surface area contributed by atoms with E-state index >= 15 is 0 Å². The van der Waals surface area contributed by atoms with Gasteiger partial charge in [0, 0.05) is 30.4 Å². The maximum Gasteiger partial charge on any atom is 0.241 e. The zero-order valence-electron chi connectivity index (χ0n) is 12.6. The number of hydrogen-bond acceptors (Lipinski definition) is 6. The molecule has 0 saturated carbocycles. The Balaban J connectivity index is 1.66. The Morgan fingerprint density at radius 2 is 2.00 bits per heavy atom. The number of rotatable bonds is 5. The van der Waals surface area contributed by atoms with E-state index in [9.17, 15) is 4.79 Å². The second-order valence-electron chi connectivity index (χ2n) is 5.51. The fourth-order valence-corrected chi connectivity index (χ4v) is 2.62. The summed E-state index contributed by atoms with van der Waals surface area (Å²) in [6, 6.07) is 7.62. The van der Waals surface area contributed by atoms with Crippen molar-refractivity contribution in [1.29, 1.82) is 0 Å². The van der Waals surface area contributed by atoms with E-state index in [4.69, 9.17) is 9.26 Å². The maximum atomic E-state index is 10.7. The van der Waals surface area contributed by atoms with Crippen LogP contribution in [0.2, 0.25) is 0 Å². The highest BCUT2D eigenvalue weighted by molar-refractivity contribution is 5.76. The highest BCUT2D eigenvalue weighted by atomic mass is 16.5. The summed E-state index contributed by atoms with van der Waals surface area (Å²) in [6.07, 6.45) is 2.88. The van der Waals surface area contributed by atoms with E-state index in [-0.39, 0.29) is 0 Å². The van der Waals surface area contributed by atoms with Crippen LogP contribution in [-0.4, -0.2) is 47.6 Å². The fourth-order valence-electron chi connectivity index (χ4n) is 2.62. The van der Waals surface area contributed by atoms with E-state index in [1.165, 1.54) is 0 Å². The summed E-state index contributed by atoms with van der Waals surface area (Å²) in [4.78, 5) is 17.3. The van der Waals surface area contributed by atoms with Gasteiger partial charge in [-0.15, -0.1) is 0 Å². The van der Waals surface area contributed by atoms with Gasteiger partial charge in [-0.2, -0.15) is 4.98 Å². The van der Waals surface area contributed by atoms with Crippen LogP contribution in [0.1, 0.15) is 29.1 Å². The monoisotopic (exact) mass is 301 g/mol. The smallest absolute Gasteiger partial charge is 0.241 e. The Hall–Kier alpha value is -2.05. The van der Waals surface area contributed by atoms with Crippen molar-refractivity contribution in [3.8, 4) is 11.4 Å². The van der Waals surface area contributed by atoms with E-state index in [1.807, 2.05) is 12.1 Å². The molecule has 0 radical (unpaired) electrons. The van der Waals surface area contributed by atoms with E-state index in [0.717, 1.165) is 37.9 Å². The number of hydrogen-bond donors (Lipinski definition) is 0. The lowest BCUT2D eigenvalue weighted by molar-refractivity contribution is 0.0376. The minimum atomic E-state index is 0.496. The summed E-state index contributed by atoms with van der Waals surface area (Å²) in [5.74, 6) is 1.15. The second kappa shape index (κ2) is 6.81. The molecule has 0 atom stereocenters. The number of carbonyl (C=O) groups excluding carboxylic acids is 1. The van der Waals surface area contributed by atoms with E-state index in [0.29, 0.717) is 29.9 Å². The number of carbonyl (C=O) groups is 1. The van der Waals surface area contributed by atoms with Crippen molar-refractivity contribution in [2.45, 2.75) is 25.4 Å². The van der Waals surface area contributed by atoms with Crippen LogP contribution < -0.4 is 0 Å². The SMILES string of the molecule is CN(Cc1nc(-c2ccc(C=O)cc2)no1)C1CCOCC1. The van der Waals surface area contributed by atoms with Gasteiger partial charge < -0.3 is 9.26 Å². The van der Waals surface area contributed by atoms with Crippen molar-refractivity contribution in [2.24, 2.45) is 0 Å². The zero-order valence-corrected chi connectivity index (χ0v) is 12.6. The van der Waals surface area contributed by atoms with E-state index in [2.05, 4.69) is 22.1 Å². The third-order valence-corrected chi connectivity index (χ3v) is 3.97. The number of benzene rings is 1. The largest absolute Gasteiger partial charge is 0.381 e. The van der Waals surface area contributed by atoms with Crippen LogP contribution in [0.15, 0.2) is 28.8 Å². The highest BCUT2D eigenvalue weighted by Crippen LogP contribution is 2.18. The molecule has 1 aromatic carbocycles. The van der Waals surface area contributed by atoms with Crippen molar-refractivity contribution in [3.63, 3.8) is 0 Å². The second-order valence-corrected chi connectivity index (χ2v) is 5.51. The molecule has 3 rings (SSSR count). The first-order valence-electron chi connectivity index (χ1n) is 7.42. The molecule has 1 saturated heterocycles. The van der Waals surface area contributed by atoms with Gasteiger partial charge in [0.15, 0.2) is 0 Å². The molecule has 6 heteroatoms. The quantitative estimate of drug-likeness (QED) is 0.788. The Morgan fingerprint density at radius 1 is 1.27 bits per heavy atom. The molecule has 1 aliphatic rings. The lowest BCUT2D eigenvalue weighted by Crippen LogP contribution is -2.36. The number of ether oxygens (including phenoxy) is 1. The summed E-state index contributed by atoms with van der Waals surface area (Å²) in [6.45, 7) is 2.25. The third kappa shape index (κ3) is 3.40. The van der Waals surface area contributed by atoms with Gasteiger partial charge in [-0.25, -0.2) is 0 Å². The van der Waals surface area contributed by atoms with Gasteiger partial charge in [-0.3, -0.25) is 9.69 Å². The molecule has 0 amide bonds. The zero-order chi connectivity index (χ0) is 15.4. The van der Waals surface area contributed by atoms with Crippen molar-refractivity contribution in [1.82, 2.24) is 15.0 Å². The molecule has 116 valence electrons. The summed E-state index contributed by atoms with van der Waals surface area (Å²) < 4.78 is 10.7. The number of aldehydes is 1. The summed E-state index contributed by atoms with van der Waals surface area (Å²) in [5, 5.41) is 4.01. The van der Waals surface area contributed by atoms with E-state index in [1.54, 1.807) is 12.1 Å². The Bertz CT molecular complexity index is 618. The van der Waals surface area contributed by atoms with Crippen molar-refractivity contribution in [2.75, 3.05) is 20.3 Å². The molecule has 2 aromatic rings. The minimum Gasteiger partial charge on any atom is -0.381 e. The lowest BCUT2D eigenvalue weighted by Gasteiger charge is -2.29. The molecule has 0 spiro atoms. The van der Waals surface area contributed by atoms with Crippen LogP contribution in [0.4, 0.5) is 0 Å². The summed E-state index contributed by atoms with van der Waals surface area (Å²) in [5.41, 5.74) is 1.47. The van der Waals surface area contributed by atoms with Gasteiger partial charge in [0.05, 0.1) is 6.54 Å². The normalized spacial score (nSPS) is 16.1. The predicted octanol–water partition coefficient (Wildman–Crippen LogP) is 2.16. The maximum absolute atomic E-state index is 10.7. The molecular weight excluding hydrogens is 282 g/mol. The Labute approximate surface area is 129 Å². The minimum absolute atomic E-state index is 0.496. The van der Waals surface area contributed by atoms with Crippen LogP contribution >= 0.6 is 0 Å². The van der Waals surface area contributed by atoms with Gasteiger partial charge in [0.1, 0.15) is 6.29 Å². The van der Waals surface area contributed by atoms with Crippen LogP contribution in [0.3, 0.4) is 0 Å². The van der Waals surface area contributed by atoms with Crippen LogP contribution in [0.25, 0.3) is 11.4 Å². The van der Waals surface area contributed by atoms with Gasteiger partial charge in [0.25, 0.3) is 0 Å². The Morgan fingerprint density at radius 3 is 2.68 bits per heavy atom. The lowest BCUT2D eigenvalue weighted by atomic mass is 10.1. The van der Waals surface area contributed by atoms with Gasteiger partial charge in [-0.1, -0.05) is 29.4 Å². The van der Waals surface area contributed by atoms with E-state index < -0.39 is 0 Å². The average Bonchev–Trinajstić information content (AvgIpc) is 3.04. The molecule has 1 aromatic heterocycles. The topological polar surface area (TPSA) is 68.5 Å². The molecule has 0 N–H and O–H groups in total. The van der Waals surface area contributed by atoms with Gasteiger partial charge in [0.2, 0.25) is 11.7 Å². The molecule has 2 heterocycles. The Kier molecular flexibility index (Phi) is 4.60. The molecule has 0 aliphatic carbocycles. The summed E-state index contributed by atoms with van der Waals surface area (Å²) >= 11 is 0. The van der Waals surface area contributed by atoms with Crippen LogP contribution in [0, 0.1) is 0 Å².